The van der Waals surface area contributed by atoms with Crippen molar-refractivity contribution in [2.24, 2.45) is 5.92 Å². The number of likely N-dealkylation sites (tertiary alicyclic amines) is 1. The highest BCUT2D eigenvalue weighted by Crippen LogP contribution is 2.24. The maximum absolute atomic E-state index is 12.8. The van der Waals surface area contributed by atoms with Crippen LogP contribution in [0.25, 0.3) is 0 Å². The Morgan fingerprint density at radius 3 is 2.55 bits per heavy atom. The van der Waals surface area contributed by atoms with E-state index in [1.54, 1.807) is 19.2 Å². The van der Waals surface area contributed by atoms with Crippen molar-refractivity contribution in [2.75, 3.05) is 32.6 Å². The zero-order valence-electron chi connectivity index (χ0n) is 17.2. The maximum Gasteiger partial charge on any atom is 0.337 e. The minimum Gasteiger partial charge on any atom is -0.497 e. The molecule has 1 aliphatic rings. The Bertz CT molecular complexity index is 873. The monoisotopic (exact) mass is 396 g/mol. The van der Waals surface area contributed by atoms with Crippen LogP contribution >= 0.6 is 0 Å². The summed E-state index contributed by atoms with van der Waals surface area (Å²) in [5.74, 6) is 0.432. The predicted octanol–water partition coefficient (Wildman–Crippen LogP) is 3.64. The van der Waals surface area contributed by atoms with Crippen LogP contribution in [0.5, 0.6) is 5.75 Å². The molecule has 6 nitrogen and oxygen atoms in total. The van der Waals surface area contributed by atoms with Gasteiger partial charge in [-0.3, -0.25) is 9.69 Å². The second-order valence-corrected chi connectivity index (χ2v) is 7.41. The molecule has 0 aliphatic carbocycles. The lowest BCUT2D eigenvalue weighted by atomic mass is 9.95. The van der Waals surface area contributed by atoms with Gasteiger partial charge in [0.25, 0.3) is 0 Å². The second-order valence-electron chi connectivity index (χ2n) is 7.41. The summed E-state index contributed by atoms with van der Waals surface area (Å²) >= 11 is 0. The molecule has 0 bridgehead atoms. The normalized spacial score (nSPS) is 15.0. The molecule has 3 rings (SSSR count). The van der Waals surface area contributed by atoms with E-state index in [0.29, 0.717) is 11.3 Å². The Labute approximate surface area is 171 Å². The number of benzene rings is 2. The standard InChI is InChI=1S/C23H28N2O4/c1-16-7-8-19(23(27)29-3)14-21(16)24-22(26)18-9-11-25(12-10-18)15-17-5-4-6-20(13-17)28-2/h4-8,13-14,18H,9-12,15H2,1-3H3,(H,24,26). The van der Waals surface area contributed by atoms with Gasteiger partial charge >= 0.3 is 5.97 Å². The summed E-state index contributed by atoms with van der Waals surface area (Å²) in [6.07, 6.45) is 1.62. The van der Waals surface area contributed by atoms with Gasteiger partial charge in [-0.1, -0.05) is 18.2 Å². The highest BCUT2D eigenvalue weighted by molar-refractivity contribution is 5.96. The number of carbonyl (C=O) groups is 2. The zero-order chi connectivity index (χ0) is 20.8. The Morgan fingerprint density at radius 2 is 1.86 bits per heavy atom. The first-order valence-electron chi connectivity index (χ1n) is 9.85. The smallest absolute Gasteiger partial charge is 0.337 e. The quantitative estimate of drug-likeness (QED) is 0.755. The summed E-state index contributed by atoms with van der Waals surface area (Å²) in [5.41, 5.74) is 3.22. The molecule has 1 fully saturated rings. The van der Waals surface area contributed by atoms with E-state index in [0.717, 1.165) is 43.8 Å². The van der Waals surface area contributed by atoms with Crippen LogP contribution < -0.4 is 10.1 Å². The van der Waals surface area contributed by atoms with E-state index in [2.05, 4.69) is 22.3 Å². The molecular formula is C23H28N2O4. The van der Waals surface area contributed by atoms with Gasteiger partial charge in [0.05, 0.1) is 19.8 Å². The fraction of sp³-hybridized carbons (Fsp3) is 0.391. The van der Waals surface area contributed by atoms with E-state index in [1.807, 2.05) is 25.1 Å². The summed E-state index contributed by atoms with van der Waals surface area (Å²) < 4.78 is 10.1. The molecule has 1 aliphatic heterocycles. The third-order valence-electron chi connectivity index (χ3n) is 5.42. The van der Waals surface area contributed by atoms with Gasteiger partial charge in [-0.05, 0) is 68.2 Å². The lowest BCUT2D eigenvalue weighted by Gasteiger charge is -2.31. The molecule has 1 heterocycles. The molecule has 0 saturated carbocycles. The third-order valence-corrected chi connectivity index (χ3v) is 5.42. The Morgan fingerprint density at radius 1 is 1.10 bits per heavy atom. The average molecular weight is 396 g/mol. The van der Waals surface area contributed by atoms with Gasteiger partial charge in [-0.25, -0.2) is 4.79 Å². The summed E-state index contributed by atoms with van der Waals surface area (Å²) in [4.78, 5) is 26.9. The number of anilines is 1. The van der Waals surface area contributed by atoms with Crippen molar-refractivity contribution in [3.8, 4) is 5.75 Å². The minimum absolute atomic E-state index is 0.0103. The SMILES string of the molecule is COC(=O)c1ccc(C)c(NC(=O)C2CCN(Cc3cccc(OC)c3)CC2)c1. The van der Waals surface area contributed by atoms with Crippen LogP contribution in [0.3, 0.4) is 0 Å². The number of aryl methyl sites for hydroxylation is 1. The van der Waals surface area contributed by atoms with Crippen molar-refractivity contribution in [2.45, 2.75) is 26.3 Å². The fourth-order valence-electron chi connectivity index (χ4n) is 3.62. The van der Waals surface area contributed by atoms with Crippen molar-refractivity contribution in [1.82, 2.24) is 4.90 Å². The molecule has 1 saturated heterocycles. The molecular weight excluding hydrogens is 368 g/mol. The van der Waals surface area contributed by atoms with Gasteiger partial charge in [-0.15, -0.1) is 0 Å². The van der Waals surface area contributed by atoms with E-state index in [1.165, 1.54) is 12.7 Å². The molecule has 154 valence electrons. The van der Waals surface area contributed by atoms with Crippen LogP contribution in [0.4, 0.5) is 5.69 Å². The van der Waals surface area contributed by atoms with E-state index in [-0.39, 0.29) is 11.8 Å². The van der Waals surface area contributed by atoms with Crippen LogP contribution in [-0.4, -0.2) is 44.1 Å². The highest BCUT2D eigenvalue weighted by atomic mass is 16.5. The lowest BCUT2D eigenvalue weighted by Crippen LogP contribution is -2.37. The molecule has 2 aromatic carbocycles. The van der Waals surface area contributed by atoms with Crippen LogP contribution in [0.15, 0.2) is 42.5 Å². The van der Waals surface area contributed by atoms with Crippen LogP contribution in [0.2, 0.25) is 0 Å². The van der Waals surface area contributed by atoms with Crippen LogP contribution in [0.1, 0.15) is 34.3 Å². The number of ether oxygens (including phenoxy) is 2. The minimum atomic E-state index is -0.411. The number of nitrogens with zero attached hydrogens (tertiary/aromatic N) is 1. The molecule has 0 atom stereocenters. The first kappa shape index (κ1) is 20.9. The number of esters is 1. The third kappa shape index (κ3) is 5.35. The number of nitrogens with one attached hydrogen (secondary N) is 1. The maximum atomic E-state index is 12.8. The van der Waals surface area contributed by atoms with Crippen molar-refractivity contribution in [3.05, 3.63) is 59.2 Å². The summed E-state index contributed by atoms with van der Waals surface area (Å²) in [6.45, 7) is 4.51. The fourth-order valence-corrected chi connectivity index (χ4v) is 3.62. The zero-order valence-corrected chi connectivity index (χ0v) is 17.2. The molecule has 0 spiro atoms. The molecule has 0 aromatic heterocycles. The van der Waals surface area contributed by atoms with Crippen LogP contribution in [-0.2, 0) is 16.1 Å². The van der Waals surface area contributed by atoms with Gasteiger partial charge in [0.1, 0.15) is 5.75 Å². The van der Waals surface area contributed by atoms with E-state index < -0.39 is 5.97 Å². The van der Waals surface area contributed by atoms with Gasteiger partial charge in [0, 0.05) is 18.2 Å². The van der Waals surface area contributed by atoms with Gasteiger partial charge in [-0.2, -0.15) is 0 Å². The summed E-state index contributed by atoms with van der Waals surface area (Å²) in [7, 11) is 3.02. The van der Waals surface area contributed by atoms with E-state index in [9.17, 15) is 9.59 Å². The topological polar surface area (TPSA) is 67.9 Å². The molecule has 2 aromatic rings. The number of amides is 1. The molecule has 1 N–H and O–H groups in total. The van der Waals surface area contributed by atoms with Crippen molar-refractivity contribution >= 4 is 17.6 Å². The largest absolute Gasteiger partial charge is 0.497 e. The van der Waals surface area contributed by atoms with Crippen molar-refractivity contribution < 1.29 is 19.1 Å². The molecule has 0 radical (unpaired) electrons. The Kier molecular flexibility index (Phi) is 6.88. The Balaban J connectivity index is 1.55. The van der Waals surface area contributed by atoms with Gasteiger partial charge in [0.2, 0.25) is 5.91 Å². The molecule has 1 amide bonds. The molecule has 6 heteroatoms. The summed E-state index contributed by atoms with van der Waals surface area (Å²) in [6, 6.07) is 13.3. The Hall–Kier alpha value is -2.86. The number of methoxy groups -OCH3 is 2. The van der Waals surface area contributed by atoms with Gasteiger partial charge in [0.15, 0.2) is 0 Å². The van der Waals surface area contributed by atoms with Gasteiger partial charge < -0.3 is 14.8 Å². The first-order chi connectivity index (χ1) is 14.0. The highest BCUT2D eigenvalue weighted by Gasteiger charge is 2.25. The number of rotatable bonds is 6. The van der Waals surface area contributed by atoms with E-state index in [4.69, 9.17) is 9.47 Å². The van der Waals surface area contributed by atoms with Crippen molar-refractivity contribution in [3.63, 3.8) is 0 Å². The lowest BCUT2D eigenvalue weighted by molar-refractivity contribution is -0.121. The number of piperidine rings is 1. The average Bonchev–Trinajstić information content (AvgIpc) is 2.75. The molecule has 29 heavy (non-hydrogen) atoms. The number of hydrogen-bond donors (Lipinski definition) is 1. The first-order valence-corrected chi connectivity index (χ1v) is 9.85. The number of carbonyl (C=O) groups excluding carboxylic acids is 2. The van der Waals surface area contributed by atoms with Crippen molar-refractivity contribution in [1.29, 1.82) is 0 Å². The number of hydrogen-bond acceptors (Lipinski definition) is 5. The predicted molar refractivity (Wildman–Crippen MR) is 112 cm³/mol. The van der Waals surface area contributed by atoms with Crippen LogP contribution in [0, 0.1) is 12.8 Å². The molecule has 0 unspecified atom stereocenters. The van der Waals surface area contributed by atoms with E-state index >= 15 is 0 Å². The second kappa shape index (κ2) is 9.56. The summed E-state index contributed by atoms with van der Waals surface area (Å²) in [5, 5.41) is 3.00.